The van der Waals surface area contributed by atoms with Gasteiger partial charge in [-0.05, 0) is 62.9 Å². The molecule has 1 saturated heterocycles. The second kappa shape index (κ2) is 5.53. The minimum atomic E-state index is -0.0280. The molecule has 0 spiro atoms. The normalized spacial score (nSPS) is 19.6. The number of benzene rings is 1. The number of nitrogens with one attached hydrogen (secondary N) is 2. The van der Waals surface area contributed by atoms with E-state index in [1.165, 1.54) is 17.5 Å². The summed E-state index contributed by atoms with van der Waals surface area (Å²) in [5, 5.41) is 6.32. The van der Waals surface area contributed by atoms with Crippen LogP contribution in [0.5, 0.6) is 0 Å². The largest absolute Gasteiger partial charge is 0.324 e. The van der Waals surface area contributed by atoms with Crippen LogP contribution in [0.25, 0.3) is 0 Å². The molecule has 0 radical (unpaired) electrons. The van der Waals surface area contributed by atoms with Gasteiger partial charge in [0, 0.05) is 5.69 Å². The first-order valence-electron chi connectivity index (χ1n) is 6.70. The maximum absolute atomic E-state index is 12.1. The highest BCUT2D eigenvalue weighted by atomic mass is 16.2. The van der Waals surface area contributed by atoms with Crippen LogP contribution in [0.2, 0.25) is 0 Å². The van der Waals surface area contributed by atoms with Gasteiger partial charge >= 0.3 is 0 Å². The third-order valence-corrected chi connectivity index (χ3v) is 3.73. The predicted octanol–water partition coefficient (Wildman–Crippen LogP) is 2.69. The summed E-state index contributed by atoms with van der Waals surface area (Å²) >= 11 is 0. The quantitative estimate of drug-likeness (QED) is 0.842. The highest BCUT2D eigenvalue weighted by molar-refractivity contribution is 5.95. The lowest BCUT2D eigenvalue weighted by molar-refractivity contribution is -0.118. The van der Waals surface area contributed by atoms with Crippen LogP contribution in [0.3, 0.4) is 0 Å². The Hall–Kier alpha value is -1.35. The number of anilines is 1. The first kappa shape index (κ1) is 13.1. The minimum absolute atomic E-state index is 0.0280. The molecule has 2 rings (SSSR count). The molecule has 0 aromatic heterocycles. The zero-order valence-electron chi connectivity index (χ0n) is 11.5. The Kier molecular flexibility index (Phi) is 4.02. The zero-order valence-corrected chi connectivity index (χ0v) is 11.5. The molecule has 1 heterocycles. The predicted molar refractivity (Wildman–Crippen MR) is 74.9 cm³/mol. The lowest BCUT2D eigenvalue weighted by Gasteiger charge is -2.23. The number of amides is 1. The Morgan fingerprint density at radius 1 is 1.17 bits per heavy atom. The Morgan fingerprint density at radius 3 is 2.56 bits per heavy atom. The molecule has 3 nitrogen and oxygen atoms in total. The molecule has 1 aromatic rings. The first-order chi connectivity index (χ1) is 8.58. The van der Waals surface area contributed by atoms with Gasteiger partial charge in [0.1, 0.15) is 0 Å². The van der Waals surface area contributed by atoms with Gasteiger partial charge in [0.15, 0.2) is 0 Å². The van der Waals surface area contributed by atoms with Crippen LogP contribution >= 0.6 is 0 Å². The van der Waals surface area contributed by atoms with Crippen molar-refractivity contribution < 1.29 is 4.79 Å². The van der Waals surface area contributed by atoms with E-state index in [2.05, 4.69) is 36.6 Å². The van der Waals surface area contributed by atoms with E-state index in [1.807, 2.05) is 6.92 Å². The average molecular weight is 246 g/mol. The monoisotopic (exact) mass is 246 g/mol. The first-order valence-corrected chi connectivity index (χ1v) is 6.70. The van der Waals surface area contributed by atoms with Gasteiger partial charge in [0.2, 0.25) is 5.91 Å². The number of piperidine rings is 1. The van der Waals surface area contributed by atoms with Crippen molar-refractivity contribution >= 4 is 11.6 Å². The Morgan fingerprint density at radius 2 is 1.89 bits per heavy atom. The van der Waals surface area contributed by atoms with Gasteiger partial charge in [-0.1, -0.05) is 12.5 Å². The van der Waals surface area contributed by atoms with Gasteiger partial charge in [0.25, 0.3) is 0 Å². The summed E-state index contributed by atoms with van der Waals surface area (Å²) < 4.78 is 0. The van der Waals surface area contributed by atoms with E-state index in [9.17, 15) is 4.79 Å². The molecule has 98 valence electrons. The molecule has 1 amide bonds. The molecule has 0 saturated carbocycles. The van der Waals surface area contributed by atoms with Gasteiger partial charge < -0.3 is 10.6 Å². The second-order valence-electron chi connectivity index (χ2n) is 5.24. The fourth-order valence-corrected chi connectivity index (χ4v) is 2.39. The molecule has 3 heteroatoms. The third-order valence-electron chi connectivity index (χ3n) is 3.73. The SMILES string of the molecule is Cc1cc(C)c(NC(=O)C2CCCCN2)cc1C. The summed E-state index contributed by atoms with van der Waals surface area (Å²) in [6.45, 7) is 7.15. The lowest BCUT2D eigenvalue weighted by Crippen LogP contribution is -2.43. The van der Waals surface area contributed by atoms with E-state index in [0.29, 0.717) is 0 Å². The smallest absolute Gasteiger partial charge is 0.241 e. The van der Waals surface area contributed by atoms with E-state index < -0.39 is 0 Å². The van der Waals surface area contributed by atoms with Gasteiger partial charge in [-0.3, -0.25) is 4.79 Å². The van der Waals surface area contributed by atoms with Crippen LogP contribution < -0.4 is 10.6 Å². The van der Waals surface area contributed by atoms with Crippen molar-refractivity contribution in [2.24, 2.45) is 0 Å². The number of hydrogen-bond acceptors (Lipinski definition) is 2. The fraction of sp³-hybridized carbons (Fsp3) is 0.533. The Balaban J connectivity index is 2.08. The van der Waals surface area contributed by atoms with Gasteiger partial charge in [-0.25, -0.2) is 0 Å². The molecule has 1 unspecified atom stereocenters. The zero-order chi connectivity index (χ0) is 13.1. The molecule has 1 aromatic carbocycles. The molecular weight excluding hydrogens is 224 g/mol. The van der Waals surface area contributed by atoms with Crippen LogP contribution in [0.4, 0.5) is 5.69 Å². The van der Waals surface area contributed by atoms with E-state index >= 15 is 0 Å². The molecule has 1 aliphatic heterocycles. The maximum atomic E-state index is 12.1. The fourth-order valence-electron chi connectivity index (χ4n) is 2.39. The summed E-state index contributed by atoms with van der Waals surface area (Å²) in [6, 6.07) is 4.16. The number of rotatable bonds is 2. The van der Waals surface area contributed by atoms with Gasteiger partial charge in [-0.2, -0.15) is 0 Å². The van der Waals surface area contributed by atoms with E-state index in [-0.39, 0.29) is 11.9 Å². The molecule has 0 bridgehead atoms. The highest BCUT2D eigenvalue weighted by Crippen LogP contribution is 2.20. The van der Waals surface area contributed by atoms with Crippen LogP contribution in [0.1, 0.15) is 36.0 Å². The molecule has 0 aliphatic carbocycles. The summed E-state index contributed by atoms with van der Waals surface area (Å²) in [5.74, 6) is 0.0982. The van der Waals surface area contributed by atoms with E-state index in [4.69, 9.17) is 0 Å². The van der Waals surface area contributed by atoms with Crippen molar-refractivity contribution in [2.45, 2.75) is 46.1 Å². The lowest BCUT2D eigenvalue weighted by atomic mass is 10.0. The van der Waals surface area contributed by atoms with Crippen LogP contribution in [0.15, 0.2) is 12.1 Å². The molecule has 1 aliphatic rings. The van der Waals surface area contributed by atoms with E-state index in [1.54, 1.807) is 0 Å². The van der Waals surface area contributed by atoms with Crippen molar-refractivity contribution in [1.29, 1.82) is 0 Å². The van der Waals surface area contributed by atoms with E-state index in [0.717, 1.165) is 30.6 Å². The van der Waals surface area contributed by atoms with Crippen molar-refractivity contribution in [1.82, 2.24) is 5.32 Å². The minimum Gasteiger partial charge on any atom is -0.324 e. The van der Waals surface area contributed by atoms with Crippen molar-refractivity contribution in [3.8, 4) is 0 Å². The second-order valence-corrected chi connectivity index (χ2v) is 5.24. The van der Waals surface area contributed by atoms with Gasteiger partial charge in [0.05, 0.1) is 6.04 Å². The van der Waals surface area contributed by atoms with Gasteiger partial charge in [-0.15, -0.1) is 0 Å². The molecular formula is C15H22N2O. The van der Waals surface area contributed by atoms with Crippen LogP contribution in [0, 0.1) is 20.8 Å². The van der Waals surface area contributed by atoms with Crippen molar-refractivity contribution in [2.75, 3.05) is 11.9 Å². The molecule has 2 N–H and O–H groups in total. The molecule has 18 heavy (non-hydrogen) atoms. The van der Waals surface area contributed by atoms with Crippen LogP contribution in [-0.2, 0) is 4.79 Å². The Labute approximate surface area is 109 Å². The highest BCUT2D eigenvalue weighted by Gasteiger charge is 2.20. The third kappa shape index (κ3) is 2.91. The number of carbonyl (C=O) groups is 1. The summed E-state index contributed by atoms with van der Waals surface area (Å²) in [6.07, 6.45) is 3.25. The summed E-state index contributed by atoms with van der Waals surface area (Å²) in [4.78, 5) is 12.1. The van der Waals surface area contributed by atoms with Crippen LogP contribution in [-0.4, -0.2) is 18.5 Å². The Bertz CT molecular complexity index is 448. The standard InChI is InChI=1S/C15H22N2O/c1-10-8-12(3)14(9-11(10)2)17-15(18)13-6-4-5-7-16-13/h8-9,13,16H,4-7H2,1-3H3,(H,17,18). The van der Waals surface area contributed by atoms with Crippen molar-refractivity contribution in [3.05, 3.63) is 28.8 Å². The molecule has 1 atom stereocenters. The number of carbonyl (C=O) groups excluding carboxylic acids is 1. The van der Waals surface area contributed by atoms with Crippen molar-refractivity contribution in [3.63, 3.8) is 0 Å². The number of hydrogen-bond donors (Lipinski definition) is 2. The number of aryl methyl sites for hydroxylation is 3. The topological polar surface area (TPSA) is 41.1 Å². The average Bonchev–Trinajstić information content (AvgIpc) is 2.37. The summed E-state index contributed by atoms with van der Waals surface area (Å²) in [5.41, 5.74) is 4.55. The summed E-state index contributed by atoms with van der Waals surface area (Å²) in [7, 11) is 0. The maximum Gasteiger partial charge on any atom is 0.241 e. The molecule has 1 fully saturated rings.